The molecule has 0 spiro atoms. The average Bonchev–Trinajstić information content (AvgIpc) is 3.36. The maximum Gasteiger partial charge on any atom is 0.287 e. The van der Waals surface area contributed by atoms with Gasteiger partial charge in [-0.05, 0) is 24.3 Å². The number of pyridine rings is 1. The van der Waals surface area contributed by atoms with Crippen LogP contribution in [-0.2, 0) is 10.3 Å². The van der Waals surface area contributed by atoms with E-state index in [0.29, 0.717) is 18.5 Å². The van der Waals surface area contributed by atoms with Crippen LogP contribution in [0.25, 0.3) is 22.0 Å². The lowest BCUT2D eigenvalue weighted by Gasteiger charge is -2.18. The van der Waals surface area contributed by atoms with Gasteiger partial charge in [-0.25, -0.2) is 13.5 Å². The topological polar surface area (TPSA) is 92.9 Å². The normalized spacial score (nSPS) is 15.7. The van der Waals surface area contributed by atoms with E-state index in [0.717, 1.165) is 16.3 Å². The molecule has 1 aromatic carbocycles. The fraction of sp³-hybridized carbons (Fsp3) is 0.333. The van der Waals surface area contributed by atoms with E-state index in [1.54, 1.807) is 18.6 Å². The lowest BCUT2D eigenvalue weighted by Crippen LogP contribution is -2.45. The van der Waals surface area contributed by atoms with Crippen LogP contribution in [0.3, 0.4) is 0 Å². The number of aromatic nitrogens is 4. The van der Waals surface area contributed by atoms with Crippen molar-refractivity contribution < 1.29 is 18.7 Å². The van der Waals surface area contributed by atoms with Gasteiger partial charge in [-0.2, -0.15) is 0 Å². The van der Waals surface area contributed by atoms with Crippen LogP contribution in [0.5, 0.6) is 0 Å². The molecule has 1 aliphatic carbocycles. The molecule has 2 aromatic heterocycles. The highest BCUT2D eigenvalue weighted by Crippen LogP contribution is 2.44. The molecule has 0 radical (unpaired) electrons. The summed E-state index contributed by atoms with van der Waals surface area (Å²) in [6.07, 6.45) is 6.08. The van der Waals surface area contributed by atoms with Gasteiger partial charge in [-0.15, -0.1) is 5.10 Å². The monoisotopic (exact) mass is 373 g/mol. The summed E-state index contributed by atoms with van der Waals surface area (Å²) in [5.41, 5.74) is 0.443. The van der Waals surface area contributed by atoms with Gasteiger partial charge in [0.1, 0.15) is 17.8 Å². The molecule has 1 fully saturated rings. The zero-order chi connectivity index (χ0) is 19.1. The Morgan fingerprint density at radius 1 is 1.33 bits per heavy atom. The molecule has 9 heteroatoms. The smallest absolute Gasteiger partial charge is 0.287 e. The maximum atomic E-state index is 13.2. The zero-order valence-corrected chi connectivity index (χ0v) is 14.3. The standard InChI is InChI=1S/C18H17F2N5O2/c19-18(20,11-26)10-22-16(27)17(5-6-17)25-9-15(23-24-25)14-3-1-2-12-8-21-7-4-13(12)14/h1-4,7-9,26H,5-6,10-11H2,(H,22,27). The Hall–Kier alpha value is -2.94. The van der Waals surface area contributed by atoms with Gasteiger partial charge >= 0.3 is 0 Å². The number of nitrogens with zero attached hydrogens (tertiary/aromatic N) is 4. The highest BCUT2D eigenvalue weighted by atomic mass is 19.3. The fourth-order valence-electron chi connectivity index (χ4n) is 3.05. The zero-order valence-electron chi connectivity index (χ0n) is 14.3. The molecule has 0 bridgehead atoms. The van der Waals surface area contributed by atoms with Gasteiger partial charge in [0, 0.05) is 23.3 Å². The number of carbonyl (C=O) groups excluding carboxylic acids is 1. The van der Waals surface area contributed by atoms with Gasteiger partial charge < -0.3 is 10.4 Å². The first-order valence-electron chi connectivity index (χ1n) is 8.48. The Labute approximate surface area is 153 Å². The molecule has 0 aliphatic heterocycles. The van der Waals surface area contributed by atoms with Crippen molar-refractivity contribution in [2.24, 2.45) is 0 Å². The second kappa shape index (κ2) is 6.34. The lowest BCUT2D eigenvalue weighted by atomic mass is 10.0. The van der Waals surface area contributed by atoms with Crippen molar-refractivity contribution in [3.63, 3.8) is 0 Å². The van der Waals surface area contributed by atoms with E-state index in [2.05, 4.69) is 20.6 Å². The molecule has 1 saturated carbocycles. The number of aliphatic hydroxyl groups is 1. The summed E-state index contributed by atoms with van der Waals surface area (Å²) in [6.45, 7) is -2.23. The van der Waals surface area contributed by atoms with Crippen molar-refractivity contribution >= 4 is 16.7 Å². The first kappa shape index (κ1) is 17.5. The van der Waals surface area contributed by atoms with Gasteiger partial charge in [0.25, 0.3) is 5.92 Å². The predicted octanol–water partition coefficient (Wildman–Crippen LogP) is 1.73. The highest BCUT2D eigenvalue weighted by Gasteiger charge is 2.53. The van der Waals surface area contributed by atoms with Crippen molar-refractivity contribution in [2.45, 2.75) is 24.3 Å². The van der Waals surface area contributed by atoms with Crippen LogP contribution in [0.15, 0.2) is 42.9 Å². The van der Waals surface area contributed by atoms with Crippen molar-refractivity contribution in [3.05, 3.63) is 42.9 Å². The molecule has 2 N–H and O–H groups in total. The third-order valence-corrected chi connectivity index (χ3v) is 4.77. The van der Waals surface area contributed by atoms with Crippen LogP contribution in [0.2, 0.25) is 0 Å². The number of fused-ring (bicyclic) bond motifs is 1. The molecule has 2 heterocycles. The molecular weight excluding hydrogens is 356 g/mol. The van der Waals surface area contributed by atoms with Crippen LogP contribution < -0.4 is 5.32 Å². The SMILES string of the molecule is O=C(NCC(F)(F)CO)C1(n2cc(-c3cccc4cnccc34)nn2)CC1. The number of alkyl halides is 2. The molecule has 1 amide bonds. The van der Waals surface area contributed by atoms with Crippen molar-refractivity contribution in [1.82, 2.24) is 25.3 Å². The molecule has 1 aliphatic rings. The summed E-state index contributed by atoms with van der Waals surface area (Å²) >= 11 is 0. The van der Waals surface area contributed by atoms with E-state index in [4.69, 9.17) is 5.11 Å². The minimum absolute atomic E-state index is 0.492. The van der Waals surface area contributed by atoms with E-state index in [1.807, 2.05) is 24.3 Å². The van der Waals surface area contributed by atoms with E-state index in [9.17, 15) is 13.6 Å². The van der Waals surface area contributed by atoms with Gasteiger partial charge in [-0.1, -0.05) is 23.4 Å². The molecule has 27 heavy (non-hydrogen) atoms. The van der Waals surface area contributed by atoms with E-state index < -0.39 is 30.5 Å². The number of amides is 1. The summed E-state index contributed by atoms with van der Waals surface area (Å²) < 4.78 is 27.8. The average molecular weight is 373 g/mol. The molecular formula is C18H17F2N5O2. The Balaban J connectivity index is 1.60. The predicted molar refractivity (Wildman–Crippen MR) is 93.0 cm³/mol. The Bertz CT molecular complexity index is 995. The van der Waals surface area contributed by atoms with Crippen LogP contribution >= 0.6 is 0 Å². The minimum atomic E-state index is -3.35. The third-order valence-electron chi connectivity index (χ3n) is 4.77. The van der Waals surface area contributed by atoms with Gasteiger partial charge in [-0.3, -0.25) is 9.78 Å². The Morgan fingerprint density at radius 2 is 2.15 bits per heavy atom. The summed E-state index contributed by atoms with van der Waals surface area (Å²) in [4.78, 5) is 16.5. The number of rotatable bonds is 6. The molecule has 140 valence electrons. The molecule has 4 rings (SSSR count). The second-order valence-corrected chi connectivity index (χ2v) is 6.68. The number of benzene rings is 1. The summed E-state index contributed by atoms with van der Waals surface area (Å²) in [5.74, 6) is -3.90. The molecule has 0 saturated heterocycles. The lowest BCUT2D eigenvalue weighted by molar-refractivity contribution is -0.128. The van der Waals surface area contributed by atoms with Crippen LogP contribution in [0.4, 0.5) is 8.78 Å². The number of nitrogens with one attached hydrogen (secondary N) is 1. The number of halogens is 2. The number of carbonyl (C=O) groups is 1. The van der Waals surface area contributed by atoms with Gasteiger partial charge in [0.15, 0.2) is 0 Å². The van der Waals surface area contributed by atoms with Crippen LogP contribution in [-0.4, -0.2) is 50.1 Å². The summed E-state index contributed by atoms with van der Waals surface area (Å²) in [6, 6.07) is 7.60. The highest BCUT2D eigenvalue weighted by molar-refractivity contribution is 5.95. The van der Waals surface area contributed by atoms with Crippen molar-refractivity contribution in [3.8, 4) is 11.3 Å². The quantitative estimate of drug-likeness (QED) is 0.686. The maximum absolute atomic E-state index is 13.2. The van der Waals surface area contributed by atoms with Crippen LogP contribution in [0.1, 0.15) is 12.8 Å². The van der Waals surface area contributed by atoms with E-state index >= 15 is 0 Å². The molecule has 0 atom stereocenters. The first-order valence-corrected chi connectivity index (χ1v) is 8.48. The minimum Gasteiger partial charge on any atom is -0.390 e. The van der Waals surface area contributed by atoms with E-state index in [-0.39, 0.29) is 0 Å². The number of aliphatic hydroxyl groups excluding tert-OH is 1. The largest absolute Gasteiger partial charge is 0.390 e. The molecule has 0 unspecified atom stereocenters. The first-order chi connectivity index (χ1) is 13.0. The third kappa shape index (κ3) is 3.14. The Kier molecular flexibility index (Phi) is 4.11. The van der Waals surface area contributed by atoms with Gasteiger partial charge in [0.2, 0.25) is 5.91 Å². The summed E-state index contributed by atoms with van der Waals surface area (Å²) in [7, 11) is 0. The summed E-state index contributed by atoms with van der Waals surface area (Å²) in [5, 5.41) is 21.0. The molecule has 7 nitrogen and oxygen atoms in total. The Morgan fingerprint density at radius 3 is 2.89 bits per heavy atom. The molecule has 3 aromatic rings. The van der Waals surface area contributed by atoms with Crippen LogP contribution in [0, 0.1) is 0 Å². The van der Waals surface area contributed by atoms with Crippen molar-refractivity contribution in [1.29, 1.82) is 0 Å². The number of hydrogen-bond acceptors (Lipinski definition) is 5. The fourth-order valence-corrected chi connectivity index (χ4v) is 3.05. The second-order valence-electron chi connectivity index (χ2n) is 6.68. The van der Waals surface area contributed by atoms with Crippen molar-refractivity contribution in [2.75, 3.05) is 13.2 Å². The van der Waals surface area contributed by atoms with Gasteiger partial charge in [0.05, 0.1) is 12.7 Å². The van der Waals surface area contributed by atoms with E-state index in [1.165, 1.54) is 4.68 Å². The number of hydrogen-bond donors (Lipinski definition) is 2.